The molecular formula is C15H22N2O2. The number of amides is 1. The Kier molecular flexibility index (Phi) is 4.56. The van der Waals surface area contributed by atoms with E-state index in [1.165, 1.54) is 5.56 Å². The van der Waals surface area contributed by atoms with Gasteiger partial charge < -0.3 is 15.8 Å². The first-order chi connectivity index (χ1) is 9.10. The van der Waals surface area contributed by atoms with Crippen LogP contribution < -0.4 is 11.1 Å². The predicted molar refractivity (Wildman–Crippen MR) is 76.1 cm³/mol. The van der Waals surface area contributed by atoms with E-state index in [1.807, 2.05) is 18.2 Å². The van der Waals surface area contributed by atoms with Gasteiger partial charge in [-0.15, -0.1) is 0 Å². The molecule has 1 amide bonds. The fourth-order valence-electron chi connectivity index (χ4n) is 2.27. The van der Waals surface area contributed by atoms with Gasteiger partial charge in [0.05, 0.1) is 6.10 Å². The van der Waals surface area contributed by atoms with Crippen molar-refractivity contribution < 1.29 is 9.53 Å². The number of rotatable bonds is 4. The highest BCUT2D eigenvalue weighted by Crippen LogP contribution is 2.22. The van der Waals surface area contributed by atoms with Crippen molar-refractivity contribution in [3.05, 3.63) is 29.8 Å². The summed E-state index contributed by atoms with van der Waals surface area (Å²) in [6.45, 7) is 4.74. The number of nitrogens with two attached hydrogens (primary N) is 1. The zero-order chi connectivity index (χ0) is 13.8. The maximum atomic E-state index is 12.1. The lowest BCUT2D eigenvalue weighted by Gasteiger charge is -2.14. The van der Waals surface area contributed by atoms with E-state index in [1.54, 1.807) is 0 Å². The van der Waals surface area contributed by atoms with Gasteiger partial charge >= 0.3 is 0 Å². The third-order valence-corrected chi connectivity index (χ3v) is 3.48. The van der Waals surface area contributed by atoms with E-state index in [0.717, 1.165) is 18.5 Å². The molecule has 1 aromatic rings. The summed E-state index contributed by atoms with van der Waals surface area (Å²) in [5.74, 6) is 0.373. The van der Waals surface area contributed by atoms with Gasteiger partial charge in [0.1, 0.15) is 6.10 Å². The molecule has 0 saturated carbocycles. The molecule has 4 heteroatoms. The summed E-state index contributed by atoms with van der Waals surface area (Å²) in [6, 6.07) is 7.94. The van der Waals surface area contributed by atoms with Gasteiger partial charge in [0.25, 0.3) is 5.91 Å². The van der Waals surface area contributed by atoms with Crippen LogP contribution in [0.25, 0.3) is 0 Å². The third-order valence-electron chi connectivity index (χ3n) is 3.48. The van der Waals surface area contributed by atoms with Crippen molar-refractivity contribution in [2.45, 2.75) is 44.8 Å². The molecule has 0 radical (unpaired) electrons. The summed E-state index contributed by atoms with van der Waals surface area (Å²) >= 11 is 0. The molecule has 1 aliphatic rings. The lowest BCUT2D eigenvalue weighted by Crippen LogP contribution is -2.29. The van der Waals surface area contributed by atoms with E-state index in [0.29, 0.717) is 12.5 Å². The van der Waals surface area contributed by atoms with Crippen LogP contribution in [-0.4, -0.2) is 24.7 Å². The first kappa shape index (κ1) is 14.0. The van der Waals surface area contributed by atoms with E-state index >= 15 is 0 Å². The van der Waals surface area contributed by atoms with Crippen molar-refractivity contribution in [3.8, 4) is 0 Å². The zero-order valence-corrected chi connectivity index (χ0v) is 11.6. The van der Waals surface area contributed by atoms with Crippen molar-refractivity contribution in [1.82, 2.24) is 0 Å². The number of hydrogen-bond acceptors (Lipinski definition) is 3. The van der Waals surface area contributed by atoms with Crippen LogP contribution in [0.4, 0.5) is 5.69 Å². The first-order valence-electron chi connectivity index (χ1n) is 6.86. The summed E-state index contributed by atoms with van der Waals surface area (Å²) in [4.78, 5) is 12.1. The zero-order valence-electron chi connectivity index (χ0n) is 11.6. The summed E-state index contributed by atoms with van der Waals surface area (Å²) in [5, 5.41) is 2.92. The highest BCUT2D eigenvalue weighted by Gasteiger charge is 2.29. The molecule has 104 valence electrons. The van der Waals surface area contributed by atoms with Crippen molar-refractivity contribution in [2.75, 3.05) is 11.9 Å². The van der Waals surface area contributed by atoms with E-state index in [4.69, 9.17) is 10.5 Å². The average Bonchev–Trinajstić information content (AvgIpc) is 2.88. The molecule has 1 aromatic carbocycles. The Morgan fingerprint density at radius 2 is 2.26 bits per heavy atom. The predicted octanol–water partition coefficient (Wildman–Crippen LogP) is 2.25. The van der Waals surface area contributed by atoms with Crippen molar-refractivity contribution in [2.24, 2.45) is 5.73 Å². The van der Waals surface area contributed by atoms with E-state index < -0.39 is 0 Å². The van der Waals surface area contributed by atoms with Gasteiger partial charge in [0, 0.05) is 12.2 Å². The number of ether oxygens (including phenoxy) is 1. The van der Waals surface area contributed by atoms with Crippen LogP contribution in [-0.2, 0) is 9.53 Å². The molecule has 4 nitrogen and oxygen atoms in total. The minimum absolute atomic E-state index is 0.0257. The second kappa shape index (κ2) is 6.17. The molecule has 2 atom stereocenters. The molecule has 2 unspecified atom stereocenters. The van der Waals surface area contributed by atoms with Gasteiger partial charge in [-0.25, -0.2) is 0 Å². The van der Waals surface area contributed by atoms with Crippen LogP contribution in [0.2, 0.25) is 0 Å². The molecule has 19 heavy (non-hydrogen) atoms. The molecule has 0 aliphatic carbocycles. The van der Waals surface area contributed by atoms with Crippen LogP contribution in [0.3, 0.4) is 0 Å². The highest BCUT2D eigenvalue weighted by atomic mass is 16.5. The molecule has 0 aromatic heterocycles. The Morgan fingerprint density at radius 1 is 1.47 bits per heavy atom. The summed E-state index contributed by atoms with van der Waals surface area (Å²) in [5.41, 5.74) is 7.59. The lowest BCUT2D eigenvalue weighted by molar-refractivity contribution is -0.126. The molecule has 0 bridgehead atoms. The quantitative estimate of drug-likeness (QED) is 0.874. The fraction of sp³-hybridized carbons (Fsp3) is 0.533. The van der Waals surface area contributed by atoms with Crippen molar-refractivity contribution in [3.63, 3.8) is 0 Å². The number of nitrogens with one attached hydrogen (secondary N) is 1. The normalized spacial score (nSPS) is 22.7. The minimum atomic E-state index is -0.365. The summed E-state index contributed by atoms with van der Waals surface area (Å²) < 4.78 is 5.59. The number of benzene rings is 1. The van der Waals surface area contributed by atoms with E-state index in [2.05, 4.69) is 25.2 Å². The molecule has 1 aliphatic heterocycles. The lowest BCUT2D eigenvalue weighted by atomic mass is 10.0. The standard InChI is InChI=1S/C15H22N2O2/c1-10(2)11-4-3-5-12(8-11)17-15(18)14-7-6-13(9-16)19-14/h3-5,8,10,13-14H,6-7,9,16H2,1-2H3,(H,17,18). The largest absolute Gasteiger partial charge is 0.364 e. The first-order valence-corrected chi connectivity index (χ1v) is 6.86. The van der Waals surface area contributed by atoms with E-state index in [-0.39, 0.29) is 18.1 Å². The van der Waals surface area contributed by atoms with Gasteiger partial charge in [-0.1, -0.05) is 26.0 Å². The molecular weight excluding hydrogens is 240 g/mol. The highest BCUT2D eigenvalue weighted by molar-refractivity contribution is 5.94. The Bertz CT molecular complexity index is 446. The maximum Gasteiger partial charge on any atom is 0.253 e. The molecule has 3 N–H and O–H groups in total. The second-order valence-corrected chi connectivity index (χ2v) is 5.33. The second-order valence-electron chi connectivity index (χ2n) is 5.33. The smallest absolute Gasteiger partial charge is 0.253 e. The molecule has 1 fully saturated rings. The molecule has 2 rings (SSSR count). The monoisotopic (exact) mass is 262 g/mol. The van der Waals surface area contributed by atoms with Crippen LogP contribution >= 0.6 is 0 Å². The van der Waals surface area contributed by atoms with Gasteiger partial charge in [0.15, 0.2) is 0 Å². The summed E-state index contributed by atoms with van der Waals surface area (Å²) in [6.07, 6.45) is 1.27. The fourth-order valence-corrected chi connectivity index (χ4v) is 2.27. The minimum Gasteiger partial charge on any atom is -0.364 e. The van der Waals surface area contributed by atoms with Crippen LogP contribution in [0.15, 0.2) is 24.3 Å². The van der Waals surface area contributed by atoms with Gasteiger partial charge in [-0.3, -0.25) is 4.79 Å². The Morgan fingerprint density at radius 3 is 2.89 bits per heavy atom. The maximum absolute atomic E-state index is 12.1. The van der Waals surface area contributed by atoms with Gasteiger partial charge in [-0.05, 0) is 36.5 Å². The van der Waals surface area contributed by atoms with Gasteiger partial charge in [0.2, 0.25) is 0 Å². The van der Waals surface area contributed by atoms with Crippen molar-refractivity contribution in [1.29, 1.82) is 0 Å². The third kappa shape index (κ3) is 3.55. The number of anilines is 1. The molecule has 1 saturated heterocycles. The topological polar surface area (TPSA) is 64.4 Å². The molecule has 1 heterocycles. The summed E-state index contributed by atoms with van der Waals surface area (Å²) in [7, 11) is 0. The Balaban J connectivity index is 1.97. The Labute approximate surface area is 114 Å². The van der Waals surface area contributed by atoms with Crippen molar-refractivity contribution >= 4 is 11.6 Å². The van der Waals surface area contributed by atoms with Crippen LogP contribution in [0, 0.1) is 0 Å². The van der Waals surface area contributed by atoms with Crippen LogP contribution in [0.1, 0.15) is 38.2 Å². The van der Waals surface area contributed by atoms with E-state index in [9.17, 15) is 4.79 Å². The number of hydrogen-bond donors (Lipinski definition) is 2. The van der Waals surface area contributed by atoms with Crippen LogP contribution in [0.5, 0.6) is 0 Å². The number of carbonyl (C=O) groups is 1. The molecule has 0 spiro atoms. The average molecular weight is 262 g/mol. The SMILES string of the molecule is CC(C)c1cccc(NC(=O)C2CCC(CN)O2)c1. The Hall–Kier alpha value is -1.39. The van der Waals surface area contributed by atoms with Gasteiger partial charge in [-0.2, -0.15) is 0 Å². The number of carbonyl (C=O) groups excluding carboxylic acids is 1.